The van der Waals surface area contributed by atoms with Crippen LogP contribution < -0.4 is 10.6 Å². The summed E-state index contributed by atoms with van der Waals surface area (Å²) in [7, 11) is 0. The molecule has 116 valence electrons. The van der Waals surface area contributed by atoms with Gasteiger partial charge in [-0.1, -0.05) is 38.1 Å². The highest BCUT2D eigenvalue weighted by Crippen LogP contribution is 2.21. The van der Waals surface area contributed by atoms with E-state index < -0.39 is 0 Å². The number of aryl methyl sites for hydroxylation is 2. The molecule has 2 N–H and O–H groups in total. The lowest BCUT2D eigenvalue weighted by atomic mass is 9.99. The van der Waals surface area contributed by atoms with Gasteiger partial charge in [-0.3, -0.25) is 0 Å². The van der Waals surface area contributed by atoms with Crippen LogP contribution >= 0.6 is 12.2 Å². The average Bonchev–Trinajstić information content (AvgIpc) is 2.51. The zero-order valence-corrected chi connectivity index (χ0v) is 14.6. The molecule has 2 nitrogen and oxygen atoms in total. The van der Waals surface area contributed by atoms with Crippen molar-refractivity contribution in [2.75, 3.05) is 10.6 Å². The van der Waals surface area contributed by atoms with Gasteiger partial charge in [0, 0.05) is 11.4 Å². The van der Waals surface area contributed by atoms with E-state index in [2.05, 4.69) is 80.8 Å². The maximum atomic E-state index is 5.41. The van der Waals surface area contributed by atoms with E-state index in [9.17, 15) is 0 Å². The summed E-state index contributed by atoms with van der Waals surface area (Å²) in [6.45, 7) is 8.61. The minimum absolute atomic E-state index is 0.592. The SMILES string of the molecule is CCC(C)c1ccc(NC(=S)Nc2cc(C)ccc2C)cc1. The summed E-state index contributed by atoms with van der Waals surface area (Å²) in [5.41, 5.74) is 5.82. The largest absolute Gasteiger partial charge is 0.332 e. The van der Waals surface area contributed by atoms with E-state index in [-0.39, 0.29) is 0 Å². The van der Waals surface area contributed by atoms with Crippen molar-refractivity contribution in [2.45, 2.75) is 40.0 Å². The Morgan fingerprint density at radius 1 is 1.05 bits per heavy atom. The molecule has 0 bridgehead atoms. The third-order valence-electron chi connectivity index (χ3n) is 3.99. The first-order valence-corrected chi connectivity index (χ1v) is 8.15. The fraction of sp³-hybridized carbons (Fsp3) is 0.316. The molecular formula is C19H24N2S. The van der Waals surface area contributed by atoms with Crippen molar-refractivity contribution in [3.05, 3.63) is 59.2 Å². The number of nitrogens with one attached hydrogen (secondary N) is 2. The van der Waals surface area contributed by atoms with Crippen molar-refractivity contribution < 1.29 is 0 Å². The summed E-state index contributed by atoms with van der Waals surface area (Å²) in [5, 5.41) is 7.13. The third kappa shape index (κ3) is 4.31. The van der Waals surface area contributed by atoms with Gasteiger partial charge in [-0.2, -0.15) is 0 Å². The Bertz CT molecular complexity index is 647. The van der Waals surface area contributed by atoms with Crippen molar-refractivity contribution in [3.8, 4) is 0 Å². The first kappa shape index (κ1) is 16.5. The second kappa shape index (κ2) is 7.41. The van der Waals surface area contributed by atoms with Crippen LogP contribution in [0.5, 0.6) is 0 Å². The summed E-state index contributed by atoms with van der Waals surface area (Å²) in [6, 6.07) is 14.8. The molecule has 3 heteroatoms. The molecule has 0 aliphatic heterocycles. The van der Waals surface area contributed by atoms with Gasteiger partial charge in [-0.25, -0.2) is 0 Å². The second-order valence-corrected chi connectivity index (χ2v) is 6.24. The van der Waals surface area contributed by atoms with Crippen molar-refractivity contribution >= 4 is 28.7 Å². The molecule has 1 atom stereocenters. The summed E-state index contributed by atoms with van der Waals surface area (Å²) in [6.07, 6.45) is 1.15. The molecule has 0 amide bonds. The quantitative estimate of drug-likeness (QED) is 0.716. The van der Waals surface area contributed by atoms with Crippen molar-refractivity contribution in [2.24, 2.45) is 0 Å². The lowest BCUT2D eigenvalue weighted by Gasteiger charge is -2.14. The maximum absolute atomic E-state index is 5.41. The van der Waals surface area contributed by atoms with Crippen LogP contribution in [-0.2, 0) is 0 Å². The van der Waals surface area contributed by atoms with E-state index in [1.165, 1.54) is 16.7 Å². The fourth-order valence-corrected chi connectivity index (χ4v) is 2.51. The Kier molecular flexibility index (Phi) is 5.56. The Hall–Kier alpha value is -1.87. The second-order valence-electron chi connectivity index (χ2n) is 5.83. The molecule has 0 fully saturated rings. The number of benzene rings is 2. The normalized spacial score (nSPS) is 11.8. The van der Waals surface area contributed by atoms with Crippen LogP contribution in [0.25, 0.3) is 0 Å². The molecule has 2 aromatic rings. The Morgan fingerprint density at radius 2 is 1.73 bits per heavy atom. The molecule has 0 saturated carbocycles. The average molecular weight is 312 g/mol. The van der Waals surface area contributed by atoms with Gasteiger partial charge in [-0.15, -0.1) is 0 Å². The predicted octanol–water partition coefficient (Wildman–Crippen LogP) is 5.63. The van der Waals surface area contributed by atoms with E-state index in [0.29, 0.717) is 11.0 Å². The van der Waals surface area contributed by atoms with Crippen LogP contribution in [-0.4, -0.2) is 5.11 Å². The molecule has 0 aliphatic rings. The highest BCUT2D eigenvalue weighted by Gasteiger charge is 2.04. The summed E-state index contributed by atoms with van der Waals surface area (Å²) in [5.74, 6) is 0.592. The first-order chi connectivity index (χ1) is 10.5. The predicted molar refractivity (Wildman–Crippen MR) is 101 cm³/mol. The Balaban J connectivity index is 2.01. The van der Waals surface area contributed by atoms with Gasteiger partial charge in [0.1, 0.15) is 0 Å². The van der Waals surface area contributed by atoms with Crippen molar-refractivity contribution in [1.29, 1.82) is 0 Å². The fourth-order valence-electron chi connectivity index (χ4n) is 2.29. The smallest absolute Gasteiger partial charge is 0.175 e. The van der Waals surface area contributed by atoms with Crippen LogP contribution in [0.3, 0.4) is 0 Å². The zero-order valence-electron chi connectivity index (χ0n) is 13.7. The minimum Gasteiger partial charge on any atom is -0.332 e. The van der Waals surface area contributed by atoms with Crippen LogP contribution in [0.2, 0.25) is 0 Å². The molecule has 0 aromatic heterocycles. The van der Waals surface area contributed by atoms with E-state index >= 15 is 0 Å². The lowest BCUT2D eigenvalue weighted by molar-refractivity contribution is 0.734. The van der Waals surface area contributed by atoms with Crippen LogP contribution in [0.1, 0.15) is 42.9 Å². The monoisotopic (exact) mass is 312 g/mol. The van der Waals surface area contributed by atoms with Crippen molar-refractivity contribution in [1.82, 2.24) is 0 Å². The van der Waals surface area contributed by atoms with E-state index in [0.717, 1.165) is 17.8 Å². The summed E-state index contributed by atoms with van der Waals surface area (Å²) < 4.78 is 0. The number of anilines is 2. The van der Waals surface area contributed by atoms with Crippen LogP contribution in [0.15, 0.2) is 42.5 Å². The molecule has 0 aliphatic carbocycles. The van der Waals surface area contributed by atoms with Gasteiger partial charge in [0.05, 0.1) is 0 Å². The molecular weight excluding hydrogens is 288 g/mol. The minimum atomic E-state index is 0.592. The number of rotatable bonds is 4. The van der Waals surface area contributed by atoms with E-state index in [1.54, 1.807) is 0 Å². The molecule has 0 spiro atoms. The van der Waals surface area contributed by atoms with Gasteiger partial charge in [-0.05, 0) is 73.3 Å². The highest BCUT2D eigenvalue weighted by molar-refractivity contribution is 7.80. The molecule has 2 rings (SSSR count). The van der Waals surface area contributed by atoms with Gasteiger partial charge in [0.15, 0.2) is 5.11 Å². The van der Waals surface area contributed by atoms with Gasteiger partial charge < -0.3 is 10.6 Å². The third-order valence-corrected chi connectivity index (χ3v) is 4.20. The summed E-state index contributed by atoms with van der Waals surface area (Å²) in [4.78, 5) is 0. The first-order valence-electron chi connectivity index (χ1n) is 7.74. The van der Waals surface area contributed by atoms with Crippen LogP contribution in [0.4, 0.5) is 11.4 Å². The maximum Gasteiger partial charge on any atom is 0.175 e. The number of hydrogen-bond acceptors (Lipinski definition) is 1. The molecule has 2 aromatic carbocycles. The van der Waals surface area contributed by atoms with Crippen LogP contribution in [0, 0.1) is 13.8 Å². The molecule has 0 radical (unpaired) electrons. The molecule has 0 saturated heterocycles. The topological polar surface area (TPSA) is 24.1 Å². The zero-order chi connectivity index (χ0) is 16.1. The standard InChI is InChI=1S/C19H24N2S/c1-5-14(3)16-8-10-17(11-9-16)20-19(22)21-18-12-13(2)6-7-15(18)4/h6-12,14H,5H2,1-4H3,(H2,20,21,22). The van der Waals surface area contributed by atoms with Crippen molar-refractivity contribution in [3.63, 3.8) is 0 Å². The van der Waals surface area contributed by atoms with Gasteiger partial charge >= 0.3 is 0 Å². The molecule has 1 unspecified atom stereocenters. The summed E-state index contributed by atoms with van der Waals surface area (Å²) >= 11 is 5.41. The Morgan fingerprint density at radius 3 is 2.36 bits per heavy atom. The molecule has 0 heterocycles. The van der Waals surface area contributed by atoms with E-state index in [4.69, 9.17) is 12.2 Å². The lowest BCUT2D eigenvalue weighted by Crippen LogP contribution is -2.19. The van der Waals surface area contributed by atoms with Gasteiger partial charge in [0.2, 0.25) is 0 Å². The number of thiocarbonyl (C=S) groups is 1. The highest BCUT2D eigenvalue weighted by atomic mass is 32.1. The number of hydrogen-bond donors (Lipinski definition) is 2. The molecule has 22 heavy (non-hydrogen) atoms. The Labute approximate surface area is 139 Å². The van der Waals surface area contributed by atoms with E-state index in [1.807, 2.05) is 0 Å². The van der Waals surface area contributed by atoms with Gasteiger partial charge in [0.25, 0.3) is 0 Å².